The molecule has 0 amide bonds. The van der Waals surface area contributed by atoms with Crippen LogP contribution < -0.4 is 5.32 Å². The van der Waals surface area contributed by atoms with Crippen LogP contribution in [0, 0.1) is 6.92 Å². The highest BCUT2D eigenvalue weighted by atomic mass is 35.5. The van der Waals surface area contributed by atoms with Crippen LogP contribution in [0.2, 0.25) is 0 Å². The molecule has 1 aliphatic heterocycles. The molecule has 0 aliphatic carbocycles. The number of aromatic nitrogens is 4. The van der Waals surface area contributed by atoms with Gasteiger partial charge in [0.25, 0.3) is 5.89 Å². The fraction of sp³-hybridized carbons (Fsp3) is 0.353. The van der Waals surface area contributed by atoms with Crippen molar-refractivity contribution in [2.24, 2.45) is 0 Å². The number of nitrogens with zero attached hydrogens (tertiary/aromatic N) is 4. The zero-order chi connectivity index (χ0) is 16.5. The van der Waals surface area contributed by atoms with Gasteiger partial charge in [0, 0.05) is 25.2 Å². The fourth-order valence-electron chi connectivity index (χ4n) is 2.88. The monoisotopic (exact) mass is 360 g/mol. The Morgan fingerprint density at radius 3 is 2.80 bits per heavy atom. The van der Waals surface area contributed by atoms with Crippen LogP contribution in [0.5, 0.6) is 0 Å². The first-order chi connectivity index (χ1) is 11.7. The molecule has 132 valence electrons. The van der Waals surface area contributed by atoms with E-state index in [-0.39, 0.29) is 18.4 Å². The molecule has 25 heavy (non-hydrogen) atoms. The van der Waals surface area contributed by atoms with Crippen LogP contribution in [-0.4, -0.2) is 51.9 Å². The van der Waals surface area contributed by atoms with E-state index >= 15 is 0 Å². The third-order valence-corrected chi connectivity index (χ3v) is 4.41. The van der Waals surface area contributed by atoms with Gasteiger partial charge in [0.2, 0.25) is 0 Å². The molecule has 8 heteroatoms. The summed E-state index contributed by atoms with van der Waals surface area (Å²) in [5.74, 6) is 1.17. The van der Waals surface area contributed by atoms with Crippen LogP contribution in [0.3, 0.4) is 0 Å². The van der Waals surface area contributed by atoms with Crippen molar-refractivity contribution in [1.29, 1.82) is 0 Å². The van der Waals surface area contributed by atoms with E-state index < -0.39 is 0 Å². The summed E-state index contributed by atoms with van der Waals surface area (Å²) >= 11 is 0. The summed E-state index contributed by atoms with van der Waals surface area (Å²) in [6.07, 6.45) is 0. The zero-order valence-electron chi connectivity index (χ0n) is 14.2. The van der Waals surface area contributed by atoms with E-state index in [1.807, 2.05) is 6.07 Å². The zero-order valence-corrected chi connectivity index (χ0v) is 15.0. The third-order valence-electron chi connectivity index (χ3n) is 4.41. The van der Waals surface area contributed by atoms with E-state index in [1.54, 1.807) is 0 Å². The van der Waals surface area contributed by atoms with Gasteiger partial charge in [0.1, 0.15) is 5.69 Å². The first kappa shape index (κ1) is 17.6. The Morgan fingerprint density at radius 2 is 2.04 bits per heavy atom. The average molecular weight is 361 g/mol. The van der Waals surface area contributed by atoms with Crippen molar-refractivity contribution in [3.63, 3.8) is 0 Å². The van der Waals surface area contributed by atoms with Gasteiger partial charge in [-0.2, -0.15) is 10.1 Å². The Hall–Kier alpha value is -2.22. The molecule has 1 aromatic carbocycles. The van der Waals surface area contributed by atoms with Crippen molar-refractivity contribution in [2.75, 3.05) is 26.7 Å². The number of likely N-dealkylation sites (N-methyl/N-ethyl adjacent to an activating group) is 1. The predicted molar refractivity (Wildman–Crippen MR) is 97.5 cm³/mol. The van der Waals surface area contributed by atoms with Gasteiger partial charge >= 0.3 is 0 Å². The maximum absolute atomic E-state index is 5.43. The molecule has 4 rings (SSSR count). The number of aryl methyl sites for hydroxylation is 1. The highest BCUT2D eigenvalue weighted by molar-refractivity contribution is 5.85. The molecule has 3 aromatic rings. The molecule has 1 aliphatic rings. The summed E-state index contributed by atoms with van der Waals surface area (Å²) in [5, 5.41) is 14.8. The molecule has 1 unspecified atom stereocenters. The maximum Gasteiger partial charge on any atom is 0.276 e. The van der Waals surface area contributed by atoms with E-state index in [9.17, 15) is 0 Å². The lowest BCUT2D eigenvalue weighted by atomic mass is 10.1. The summed E-state index contributed by atoms with van der Waals surface area (Å²) < 4.78 is 5.43. The number of hydrogen-bond acceptors (Lipinski definition) is 6. The van der Waals surface area contributed by atoms with Crippen molar-refractivity contribution < 1.29 is 4.52 Å². The predicted octanol–water partition coefficient (Wildman–Crippen LogP) is 2.43. The van der Waals surface area contributed by atoms with Crippen LogP contribution in [0.1, 0.15) is 17.4 Å². The molecular weight excluding hydrogens is 340 g/mol. The molecule has 2 aromatic heterocycles. The van der Waals surface area contributed by atoms with Gasteiger partial charge in [-0.1, -0.05) is 35.0 Å². The third kappa shape index (κ3) is 3.58. The highest BCUT2D eigenvalue weighted by Gasteiger charge is 2.25. The Balaban J connectivity index is 0.00000182. The molecule has 0 bridgehead atoms. The minimum Gasteiger partial charge on any atom is -0.332 e. The number of nitrogens with one attached hydrogen (secondary N) is 2. The Morgan fingerprint density at radius 1 is 1.24 bits per heavy atom. The number of H-pyrrole nitrogens is 1. The standard InChI is InChI=1S/C17H20N6O.ClH/c1-11-3-5-12(6-4-11)13-9-14(21-20-13)17-19-16(22-24-17)15-10-18-7-8-23(15)2;/h3-6,9,15,18H,7-8,10H2,1-2H3,(H,20,21);1H. The van der Waals surface area contributed by atoms with E-state index in [0.29, 0.717) is 11.7 Å². The summed E-state index contributed by atoms with van der Waals surface area (Å²) in [6.45, 7) is 4.85. The molecule has 1 atom stereocenters. The number of aromatic amines is 1. The smallest absolute Gasteiger partial charge is 0.276 e. The van der Waals surface area contributed by atoms with Crippen LogP contribution in [0.25, 0.3) is 22.8 Å². The van der Waals surface area contributed by atoms with Crippen molar-refractivity contribution in [1.82, 2.24) is 30.6 Å². The van der Waals surface area contributed by atoms with Crippen LogP contribution in [0.4, 0.5) is 0 Å². The van der Waals surface area contributed by atoms with Crippen molar-refractivity contribution in [2.45, 2.75) is 13.0 Å². The molecule has 0 spiro atoms. The van der Waals surface area contributed by atoms with Crippen molar-refractivity contribution >= 4 is 12.4 Å². The summed E-state index contributed by atoms with van der Waals surface area (Å²) in [6, 6.07) is 10.3. The lowest BCUT2D eigenvalue weighted by Crippen LogP contribution is -2.44. The van der Waals surface area contributed by atoms with Gasteiger partial charge in [0.05, 0.1) is 11.7 Å². The van der Waals surface area contributed by atoms with E-state index in [2.05, 4.69) is 68.8 Å². The lowest BCUT2D eigenvalue weighted by molar-refractivity contribution is 0.190. The molecule has 0 radical (unpaired) electrons. The Labute approximate surface area is 152 Å². The molecule has 3 heterocycles. The molecular formula is C17H21ClN6O. The number of benzene rings is 1. The van der Waals surface area contributed by atoms with Gasteiger partial charge < -0.3 is 9.84 Å². The van der Waals surface area contributed by atoms with Crippen LogP contribution in [-0.2, 0) is 0 Å². The number of hydrogen-bond donors (Lipinski definition) is 2. The lowest BCUT2D eigenvalue weighted by Gasteiger charge is -2.30. The second-order valence-corrected chi connectivity index (χ2v) is 6.19. The van der Waals surface area contributed by atoms with E-state index in [4.69, 9.17) is 4.52 Å². The van der Waals surface area contributed by atoms with Crippen LogP contribution >= 0.6 is 12.4 Å². The number of halogens is 1. The van der Waals surface area contributed by atoms with Gasteiger partial charge in [-0.05, 0) is 20.0 Å². The molecule has 1 saturated heterocycles. The first-order valence-corrected chi connectivity index (χ1v) is 8.08. The second-order valence-electron chi connectivity index (χ2n) is 6.19. The molecule has 2 N–H and O–H groups in total. The Bertz CT molecular complexity index is 828. The topological polar surface area (TPSA) is 82.9 Å². The maximum atomic E-state index is 5.43. The summed E-state index contributed by atoms with van der Waals surface area (Å²) in [5.41, 5.74) is 3.87. The van der Waals surface area contributed by atoms with E-state index in [1.165, 1.54) is 5.56 Å². The molecule has 7 nitrogen and oxygen atoms in total. The van der Waals surface area contributed by atoms with Crippen molar-refractivity contribution in [3.05, 3.63) is 41.7 Å². The molecule has 0 saturated carbocycles. The first-order valence-electron chi connectivity index (χ1n) is 8.08. The average Bonchev–Trinajstić information content (AvgIpc) is 3.25. The quantitative estimate of drug-likeness (QED) is 0.746. The second kappa shape index (κ2) is 7.35. The van der Waals surface area contributed by atoms with Crippen LogP contribution in [0.15, 0.2) is 34.9 Å². The van der Waals surface area contributed by atoms with E-state index in [0.717, 1.165) is 36.6 Å². The summed E-state index contributed by atoms with van der Waals surface area (Å²) in [4.78, 5) is 6.78. The summed E-state index contributed by atoms with van der Waals surface area (Å²) in [7, 11) is 2.08. The van der Waals surface area contributed by atoms with Crippen molar-refractivity contribution in [3.8, 4) is 22.8 Å². The number of rotatable bonds is 3. The SMILES string of the molecule is Cc1ccc(-c2cc(-c3nc(C4CNCCN4C)no3)[nH]n2)cc1.Cl. The fourth-order valence-corrected chi connectivity index (χ4v) is 2.88. The minimum atomic E-state index is 0. The number of piperazine rings is 1. The van der Waals surface area contributed by atoms with Gasteiger partial charge in [-0.3, -0.25) is 10.00 Å². The largest absolute Gasteiger partial charge is 0.332 e. The molecule has 1 fully saturated rings. The highest BCUT2D eigenvalue weighted by Crippen LogP contribution is 2.25. The van der Waals surface area contributed by atoms with Gasteiger partial charge in [-0.15, -0.1) is 12.4 Å². The van der Waals surface area contributed by atoms with Gasteiger partial charge in [0.15, 0.2) is 5.82 Å². The Kier molecular flexibility index (Phi) is 5.17. The van der Waals surface area contributed by atoms with Gasteiger partial charge in [-0.25, -0.2) is 0 Å². The minimum absolute atomic E-state index is 0. The normalized spacial score (nSPS) is 18.1.